The molecule has 1 atom stereocenters. The quantitative estimate of drug-likeness (QED) is 0.771. The van der Waals surface area contributed by atoms with Gasteiger partial charge in [0.25, 0.3) is 0 Å². The lowest BCUT2D eigenvalue weighted by molar-refractivity contribution is 0.174. The van der Waals surface area contributed by atoms with Gasteiger partial charge in [-0.15, -0.1) is 11.3 Å². The molecule has 110 valence electrons. The molecule has 0 saturated heterocycles. The highest BCUT2D eigenvalue weighted by Crippen LogP contribution is 2.16. The molecule has 19 heavy (non-hydrogen) atoms. The van der Waals surface area contributed by atoms with Gasteiger partial charge in [0.05, 0.1) is 0 Å². The van der Waals surface area contributed by atoms with Crippen molar-refractivity contribution in [2.75, 3.05) is 13.1 Å². The number of likely N-dealkylation sites (N-methyl/N-ethyl adjacent to an activating group) is 1. The summed E-state index contributed by atoms with van der Waals surface area (Å²) in [5, 5.41) is 5.83. The molecule has 0 aromatic carbocycles. The molecule has 1 rings (SSSR count). The molecular formula is C16H30N2S. The Balaban J connectivity index is 2.60. The third-order valence-corrected chi connectivity index (χ3v) is 4.21. The number of hydrogen-bond donors (Lipinski definition) is 1. The second-order valence-electron chi connectivity index (χ2n) is 6.22. The predicted octanol–water partition coefficient (Wildman–Crippen LogP) is 4.13. The maximum atomic E-state index is 3.66. The van der Waals surface area contributed by atoms with Crippen LogP contribution in [0.2, 0.25) is 0 Å². The van der Waals surface area contributed by atoms with Gasteiger partial charge in [-0.1, -0.05) is 26.3 Å². The smallest absolute Gasteiger partial charge is 0.0331 e. The maximum absolute atomic E-state index is 3.66. The summed E-state index contributed by atoms with van der Waals surface area (Å²) >= 11 is 1.86. The molecule has 0 bridgehead atoms. The number of rotatable bonds is 8. The van der Waals surface area contributed by atoms with E-state index in [2.05, 4.69) is 62.3 Å². The SMILES string of the molecule is CCCC(CNC(C)(C)C)N(CC)Cc1cccs1. The van der Waals surface area contributed by atoms with Crippen LogP contribution in [0, 0.1) is 0 Å². The first kappa shape index (κ1) is 16.7. The van der Waals surface area contributed by atoms with Crippen molar-refractivity contribution >= 4 is 11.3 Å². The summed E-state index contributed by atoms with van der Waals surface area (Å²) in [7, 11) is 0. The van der Waals surface area contributed by atoms with Gasteiger partial charge in [-0.3, -0.25) is 4.90 Å². The average Bonchev–Trinajstić information content (AvgIpc) is 2.83. The molecule has 1 unspecified atom stereocenters. The van der Waals surface area contributed by atoms with E-state index in [-0.39, 0.29) is 5.54 Å². The molecule has 0 fully saturated rings. The van der Waals surface area contributed by atoms with Gasteiger partial charge in [-0.25, -0.2) is 0 Å². The van der Waals surface area contributed by atoms with Crippen LogP contribution < -0.4 is 5.32 Å². The minimum Gasteiger partial charge on any atom is -0.311 e. The Morgan fingerprint density at radius 2 is 2.05 bits per heavy atom. The summed E-state index contributed by atoms with van der Waals surface area (Å²) in [6.07, 6.45) is 2.51. The number of thiophene rings is 1. The predicted molar refractivity (Wildman–Crippen MR) is 86.9 cm³/mol. The Hall–Kier alpha value is -0.380. The summed E-state index contributed by atoms with van der Waals surface area (Å²) in [5.41, 5.74) is 0.203. The van der Waals surface area contributed by atoms with E-state index >= 15 is 0 Å². The van der Waals surface area contributed by atoms with Crippen LogP contribution in [-0.4, -0.2) is 29.6 Å². The molecule has 0 amide bonds. The molecule has 1 aromatic heterocycles. The van der Waals surface area contributed by atoms with Crippen LogP contribution >= 0.6 is 11.3 Å². The van der Waals surface area contributed by atoms with Gasteiger partial charge in [0.15, 0.2) is 0 Å². The molecule has 0 radical (unpaired) electrons. The Morgan fingerprint density at radius 3 is 2.53 bits per heavy atom. The lowest BCUT2D eigenvalue weighted by Gasteiger charge is -2.33. The van der Waals surface area contributed by atoms with Gasteiger partial charge < -0.3 is 5.32 Å². The molecule has 3 heteroatoms. The molecule has 1 N–H and O–H groups in total. The average molecular weight is 282 g/mol. The van der Waals surface area contributed by atoms with E-state index < -0.39 is 0 Å². The Bertz CT molecular complexity index is 327. The Labute approximate surface area is 123 Å². The molecule has 2 nitrogen and oxygen atoms in total. The summed E-state index contributed by atoms with van der Waals surface area (Å²) in [4.78, 5) is 4.08. The van der Waals surface area contributed by atoms with Crippen molar-refractivity contribution in [1.82, 2.24) is 10.2 Å². The van der Waals surface area contributed by atoms with Gasteiger partial charge >= 0.3 is 0 Å². The molecule has 0 spiro atoms. The van der Waals surface area contributed by atoms with E-state index in [1.165, 1.54) is 17.7 Å². The van der Waals surface area contributed by atoms with Crippen molar-refractivity contribution in [2.45, 2.75) is 65.6 Å². The fourth-order valence-corrected chi connectivity index (χ4v) is 3.00. The maximum Gasteiger partial charge on any atom is 0.0331 e. The van der Waals surface area contributed by atoms with E-state index in [9.17, 15) is 0 Å². The van der Waals surface area contributed by atoms with Crippen LogP contribution in [0.1, 0.15) is 52.3 Å². The number of nitrogens with one attached hydrogen (secondary N) is 1. The molecular weight excluding hydrogens is 252 g/mol. The topological polar surface area (TPSA) is 15.3 Å². The summed E-state index contributed by atoms with van der Waals surface area (Å²) < 4.78 is 0. The first-order valence-electron chi connectivity index (χ1n) is 7.47. The lowest BCUT2D eigenvalue weighted by atomic mass is 10.1. The van der Waals surface area contributed by atoms with E-state index in [1.54, 1.807) is 0 Å². The fraction of sp³-hybridized carbons (Fsp3) is 0.750. The zero-order chi connectivity index (χ0) is 14.3. The molecule has 1 heterocycles. The number of hydrogen-bond acceptors (Lipinski definition) is 3. The third kappa shape index (κ3) is 6.55. The van der Waals surface area contributed by atoms with Gasteiger partial charge in [-0.2, -0.15) is 0 Å². The molecule has 0 aliphatic carbocycles. The summed E-state index contributed by atoms with van der Waals surface area (Å²) in [5.74, 6) is 0. The van der Waals surface area contributed by atoms with Crippen LogP contribution in [0.4, 0.5) is 0 Å². The second kappa shape index (κ2) is 8.03. The fourth-order valence-electron chi connectivity index (χ4n) is 2.27. The van der Waals surface area contributed by atoms with Gasteiger partial charge in [0, 0.05) is 29.5 Å². The Morgan fingerprint density at radius 1 is 1.32 bits per heavy atom. The van der Waals surface area contributed by atoms with Crippen LogP contribution in [0.3, 0.4) is 0 Å². The second-order valence-corrected chi connectivity index (χ2v) is 7.25. The minimum atomic E-state index is 0.203. The van der Waals surface area contributed by atoms with Crippen LogP contribution in [-0.2, 0) is 6.54 Å². The van der Waals surface area contributed by atoms with Crippen molar-refractivity contribution in [1.29, 1.82) is 0 Å². The highest BCUT2D eigenvalue weighted by atomic mass is 32.1. The zero-order valence-electron chi connectivity index (χ0n) is 13.2. The molecule has 1 aromatic rings. The monoisotopic (exact) mass is 282 g/mol. The van der Waals surface area contributed by atoms with E-state index in [0.29, 0.717) is 6.04 Å². The molecule has 0 aliphatic rings. The number of nitrogens with zero attached hydrogens (tertiary/aromatic N) is 1. The summed E-state index contributed by atoms with van der Waals surface area (Å²) in [6, 6.07) is 5.03. The van der Waals surface area contributed by atoms with E-state index in [1.807, 2.05) is 11.3 Å². The normalized spacial score (nSPS) is 14.0. The minimum absolute atomic E-state index is 0.203. The highest BCUT2D eigenvalue weighted by Gasteiger charge is 2.19. The van der Waals surface area contributed by atoms with Crippen molar-refractivity contribution in [2.24, 2.45) is 0 Å². The van der Waals surface area contributed by atoms with Crippen LogP contribution in [0.15, 0.2) is 17.5 Å². The van der Waals surface area contributed by atoms with Crippen molar-refractivity contribution in [3.05, 3.63) is 22.4 Å². The van der Waals surface area contributed by atoms with Gasteiger partial charge in [0.2, 0.25) is 0 Å². The zero-order valence-corrected chi connectivity index (χ0v) is 14.0. The first-order valence-corrected chi connectivity index (χ1v) is 8.35. The van der Waals surface area contributed by atoms with Crippen LogP contribution in [0.25, 0.3) is 0 Å². The third-order valence-electron chi connectivity index (χ3n) is 3.35. The van der Waals surface area contributed by atoms with Gasteiger partial charge in [-0.05, 0) is 45.2 Å². The largest absolute Gasteiger partial charge is 0.311 e. The van der Waals surface area contributed by atoms with Crippen molar-refractivity contribution in [3.8, 4) is 0 Å². The van der Waals surface area contributed by atoms with Crippen LogP contribution in [0.5, 0.6) is 0 Å². The Kier molecular flexibility index (Phi) is 7.05. The highest BCUT2D eigenvalue weighted by molar-refractivity contribution is 7.09. The first-order chi connectivity index (χ1) is 8.96. The van der Waals surface area contributed by atoms with Gasteiger partial charge in [0.1, 0.15) is 0 Å². The van der Waals surface area contributed by atoms with Crippen molar-refractivity contribution < 1.29 is 0 Å². The van der Waals surface area contributed by atoms with Crippen molar-refractivity contribution in [3.63, 3.8) is 0 Å². The van der Waals surface area contributed by atoms with E-state index in [0.717, 1.165) is 19.6 Å². The molecule has 0 saturated carbocycles. The van der Waals surface area contributed by atoms with E-state index in [4.69, 9.17) is 0 Å². The summed E-state index contributed by atoms with van der Waals surface area (Å²) in [6.45, 7) is 14.6. The molecule has 0 aliphatic heterocycles. The standard InChI is InChI=1S/C16H30N2S/c1-6-9-14(12-17-16(3,4)5)18(7-2)13-15-10-8-11-19-15/h8,10-11,14,17H,6-7,9,12-13H2,1-5H3. The lowest BCUT2D eigenvalue weighted by Crippen LogP contribution is -2.47.